The molecule has 2 rings (SSSR count). The minimum atomic E-state index is -0.0214. The Hall–Kier alpha value is -1.51. The van der Waals surface area contributed by atoms with Crippen molar-refractivity contribution in [3.63, 3.8) is 0 Å². The largest absolute Gasteiger partial charge is 0.496 e. The second kappa shape index (κ2) is 4.78. The number of methoxy groups -OCH3 is 1. The number of para-hydroxylation sites is 1. The Morgan fingerprint density at radius 3 is 2.65 bits per heavy atom. The van der Waals surface area contributed by atoms with Crippen molar-refractivity contribution in [3.8, 4) is 5.75 Å². The van der Waals surface area contributed by atoms with Gasteiger partial charge in [-0.1, -0.05) is 26.0 Å². The number of benzene rings is 1. The van der Waals surface area contributed by atoms with E-state index < -0.39 is 0 Å². The number of hydrogen-bond acceptors (Lipinski definition) is 2. The zero-order valence-corrected chi connectivity index (χ0v) is 10.6. The first-order chi connectivity index (χ1) is 8.13. The van der Waals surface area contributed by atoms with E-state index in [1.807, 2.05) is 18.2 Å². The molecule has 1 aromatic carbocycles. The van der Waals surface area contributed by atoms with Crippen LogP contribution in [0.25, 0.3) is 0 Å². The average molecular weight is 233 g/mol. The van der Waals surface area contributed by atoms with E-state index in [-0.39, 0.29) is 5.91 Å². The summed E-state index contributed by atoms with van der Waals surface area (Å²) in [5.74, 6) is 1.03. The van der Waals surface area contributed by atoms with Gasteiger partial charge in [0, 0.05) is 6.04 Å². The van der Waals surface area contributed by atoms with Gasteiger partial charge >= 0.3 is 0 Å². The lowest BCUT2D eigenvalue weighted by Gasteiger charge is -2.15. The van der Waals surface area contributed by atoms with Gasteiger partial charge in [0.25, 0.3) is 5.91 Å². The Morgan fingerprint density at radius 2 is 2.12 bits per heavy atom. The summed E-state index contributed by atoms with van der Waals surface area (Å²) in [6, 6.07) is 6.12. The molecule has 0 saturated heterocycles. The summed E-state index contributed by atoms with van der Waals surface area (Å²) in [5.41, 5.74) is 1.72. The third-order valence-corrected chi connectivity index (χ3v) is 3.03. The van der Waals surface area contributed by atoms with Gasteiger partial charge in [0.2, 0.25) is 0 Å². The van der Waals surface area contributed by atoms with Gasteiger partial charge in [0.15, 0.2) is 0 Å². The lowest BCUT2D eigenvalue weighted by Crippen LogP contribution is -2.26. The molecule has 1 amide bonds. The van der Waals surface area contributed by atoms with Crippen LogP contribution in [0, 0.1) is 0 Å². The highest BCUT2D eigenvalue weighted by Crippen LogP contribution is 2.30. The molecule has 1 aromatic rings. The van der Waals surface area contributed by atoms with Crippen LogP contribution in [0.1, 0.15) is 48.5 Å². The van der Waals surface area contributed by atoms with Crippen LogP contribution >= 0.6 is 0 Å². The molecular formula is C14H19NO2. The number of carbonyl (C=O) groups excluding carboxylic acids is 1. The van der Waals surface area contributed by atoms with E-state index in [9.17, 15) is 4.79 Å². The van der Waals surface area contributed by atoms with Crippen molar-refractivity contribution in [2.24, 2.45) is 0 Å². The zero-order chi connectivity index (χ0) is 12.4. The lowest BCUT2D eigenvalue weighted by molar-refractivity contribution is 0.0948. The summed E-state index contributed by atoms with van der Waals surface area (Å²) < 4.78 is 5.40. The first-order valence-electron chi connectivity index (χ1n) is 6.11. The molecule has 1 N–H and O–H groups in total. The van der Waals surface area contributed by atoms with Crippen LogP contribution in [-0.4, -0.2) is 19.1 Å². The molecule has 0 unspecified atom stereocenters. The van der Waals surface area contributed by atoms with Crippen molar-refractivity contribution in [1.82, 2.24) is 5.32 Å². The number of rotatable bonds is 4. The van der Waals surface area contributed by atoms with E-state index in [2.05, 4.69) is 19.2 Å². The predicted octanol–water partition coefficient (Wildman–Crippen LogP) is 2.71. The van der Waals surface area contributed by atoms with Crippen LogP contribution in [0.3, 0.4) is 0 Å². The van der Waals surface area contributed by atoms with Crippen LogP contribution in [0.5, 0.6) is 5.75 Å². The minimum absolute atomic E-state index is 0.0214. The summed E-state index contributed by atoms with van der Waals surface area (Å²) in [5, 5.41) is 2.99. The molecule has 0 radical (unpaired) electrons. The van der Waals surface area contributed by atoms with E-state index in [1.165, 1.54) is 0 Å². The van der Waals surface area contributed by atoms with Crippen molar-refractivity contribution in [1.29, 1.82) is 0 Å². The number of hydrogen-bond donors (Lipinski definition) is 1. The molecule has 1 aliphatic carbocycles. The quantitative estimate of drug-likeness (QED) is 0.868. The SMILES string of the molecule is COc1c(C(=O)NC2CC2)cccc1C(C)C. The molecule has 0 atom stereocenters. The Kier molecular flexibility index (Phi) is 3.36. The smallest absolute Gasteiger partial charge is 0.255 e. The molecule has 1 saturated carbocycles. The minimum Gasteiger partial charge on any atom is -0.496 e. The van der Waals surface area contributed by atoms with Crippen molar-refractivity contribution < 1.29 is 9.53 Å². The van der Waals surface area contributed by atoms with Gasteiger partial charge in [0.05, 0.1) is 12.7 Å². The van der Waals surface area contributed by atoms with Gasteiger partial charge in [-0.2, -0.15) is 0 Å². The van der Waals surface area contributed by atoms with Gasteiger partial charge in [-0.15, -0.1) is 0 Å². The molecule has 1 aliphatic rings. The van der Waals surface area contributed by atoms with E-state index in [1.54, 1.807) is 7.11 Å². The van der Waals surface area contributed by atoms with Gasteiger partial charge < -0.3 is 10.1 Å². The maximum atomic E-state index is 12.1. The molecule has 0 spiro atoms. The van der Waals surface area contributed by atoms with E-state index in [4.69, 9.17) is 4.74 Å². The van der Waals surface area contributed by atoms with Gasteiger partial charge in [-0.25, -0.2) is 0 Å². The van der Waals surface area contributed by atoms with Crippen molar-refractivity contribution >= 4 is 5.91 Å². The van der Waals surface area contributed by atoms with E-state index in [0.717, 1.165) is 18.4 Å². The van der Waals surface area contributed by atoms with Crippen LogP contribution in [0.2, 0.25) is 0 Å². The van der Waals surface area contributed by atoms with Crippen molar-refractivity contribution in [3.05, 3.63) is 29.3 Å². The highest BCUT2D eigenvalue weighted by Gasteiger charge is 2.25. The monoisotopic (exact) mass is 233 g/mol. The fourth-order valence-electron chi connectivity index (χ4n) is 1.91. The molecule has 0 aliphatic heterocycles. The van der Waals surface area contributed by atoms with Gasteiger partial charge in [-0.3, -0.25) is 4.79 Å². The Morgan fingerprint density at radius 1 is 1.41 bits per heavy atom. The fourth-order valence-corrected chi connectivity index (χ4v) is 1.91. The van der Waals surface area contributed by atoms with E-state index in [0.29, 0.717) is 23.3 Å². The maximum absolute atomic E-state index is 12.1. The highest BCUT2D eigenvalue weighted by molar-refractivity contribution is 5.97. The molecule has 3 nitrogen and oxygen atoms in total. The molecule has 0 aromatic heterocycles. The fraction of sp³-hybridized carbons (Fsp3) is 0.500. The molecule has 92 valence electrons. The number of amides is 1. The highest BCUT2D eigenvalue weighted by atomic mass is 16.5. The zero-order valence-electron chi connectivity index (χ0n) is 10.6. The molecule has 1 fully saturated rings. The first-order valence-corrected chi connectivity index (χ1v) is 6.11. The van der Waals surface area contributed by atoms with Crippen molar-refractivity contribution in [2.45, 2.75) is 38.6 Å². The summed E-state index contributed by atoms with van der Waals surface area (Å²) in [6.45, 7) is 4.20. The topological polar surface area (TPSA) is 38.3 Å². The third kappa shape index (κ3) is 2.60. The molecule has 0 heterocycles. The van der Waals surface area contributed by atoms with Crippen LogP contribution in [0.15, 0.2) is 18.2 Å². The summed E-state index contributed by atoms with van der Waals surface area (Å²) >= 11 is 0. The van der Waals surface area contributed by atoms with Crippen LogP contribution in [0.4, 0.5) is 0 Å². The van der Waals surface area contributed by atoms with Gasteiger partial charge in [-0.05, 0) is 30.4 Å². The Labute approximate surface area is 102 Å². The van der Waals surface area contributed by atoms with Crippen LogP contribution < -0.4 is 10.1 Å². The summed E-state index contributed by atoms with van der Waals surface area (Å²) in [6.07, 6.45) is 2.19. The second-order valence-electron chi connectivity index (χ2n) is 4.83. The molecule has 17 heavy (non-hydrogen) atoms. The number of ether oxygens (including phenoxy) is 1. The molecule has 3 heteroatoms. The number of nitrogens with one attached hydrogen (secondary N) is 1. The summed E-state index contributed by atoms with van der Waals surface area (Å²) in [7, 11) is 1.62. The van der Waals surface area contributed by atoms with Gasteiger partial charge in [0.1, 0.15) is 5.75 Å². The van der Waals surface area contributed by atoms with Crippen LogP contribution in [-0.2, 0) is 0 Å². The molecule has 0 bridgehead atoms. The lowest BCUT2D eigenvalue weighted by atomic mass is 9.98. The Bertz CT molecular complexity index is 422. The average Bonchev–Trinajstić information content (AvgIpc) is 3.11. The van der Waals surface area contributed by atoms with E-state index >= 15 is 0 Å². The first kappa shape index (κ1) is 12.0. The van der Waals surface area contributed by atoms with Crippen molar-refractivity contribution in [2.75, 3.05) is 7.11 Å². The molecular weight excluding hydrogens is 214 g/mol. The second-order valence-corrected chi connectivity index (χ2v) is 4.83. The maximum Gasteiger partial charge on any atom is 0.255 e. The number of carbonyl (C=O) groups is 1. The summed E-state index contributed by atoms with van der Waals surface area (Å²) in [4.78, 5) is 12.1. The predicted molar refractivity (Wildman–Crippen MR) is 67.6 cm³/mol. The Balaban J connectivity index is 2.31. The third-order valence-electron chi connectivity index (χ3n) is 3.03. The normalized spacial score (nSPS) is 14.8. The standard InChI is InChI=1S/C14H19NO2/c1-9(2)11-5-4-6-12(13(11)17-3)14(16)15-10-7-8-10/h4-6,9-10H,7-8H2,1-3H3,(H,15,16).